The predicted molar refractivity (Wildman–Crippen MR) is 63.5 cm³/mol. The average Bonchev–Trinajstić information content (AvgIpc) is 2.69. The number of nitrogens with zero attached hydrogens (tertiary/aromatic N) is 3. The van der Waals surface area contributed by atoms with E-state index in [-0.39, 0.29) is 16.1 Å². The Morgan fingerprint density at radius 1 is 1.37 bits per heavy atom. The van der Waals surface area contributed by atoms with E-state index in [4.69, 9.17) is 0 Å². The number of nitrogens with one attached hydrogen (secondary N) is 1. The number of phenols is 1. The van der Waals surface area contributed by atoms with Gasteiger partial charge in [0.15, 0.2) is 0 Å². The van der Waals surface area contributed by atoms with Crippen LogP contribution in [-0.2, 0) is 6.18 Å². The van der Waals surface area contributed by atoms with Crippen LogP contribution in [0.15, 0.2) is 29.4 Å². The van der Waals surface area contributed by atoms with Gasteiger partial charge in [-0.3, -0.25) is 0 Å². The van der Waals surface area contributed by atoms with Gasteiger partial charge in [-0.1, -0.05) is 12.1 Å². The van der Waals surface area contributed by atoms with Crippen molar-refractivity contribution >= 4 is 18.4 Å². The van der Waals surface area contributed by atoms with Crippen LogP contribution in [0.1, 0.15) is 11.4 Å². The van der Waals surface area contributed by atoms with Crippen LogP contribution in [-0.4, -0.2) is 26.2 Å². The molecular formula is C10H7F3N4OS. The Morgan fingerprint density at radius 2 is 2.05 bits per heavy atom. The SMILES string of the molecule is Oc1ccccc1/C=N/n1c(C(F)(F)F)n[nH]c1=S. The molecule has 0 atom stereocenters. The first-order chi connectivity index (χ1) is 8.89. The van der Waals surface area contributed by atoms with Gasteiger partial charge in [0, 0.05) is 5.56 Å². The smallest absolute Gasteiger partial charge is 0.453 e. The van der Waals surface area contributed by atoms with Gasteiger partial charge < -0.3 is 5.11 Å². The molecule has 0 unspecified atom stereocenters. The maximum atomic E-state index is 12.6. The number of benzene rings is 1. The lowest BCUT2D eigenvalue weighted by molar-refractivity contribution is -0.147. The molecular weight excluding hydrogens is 281 g/mol. The van der Waals surface area contributed by atoms with Crippen molar-refractivity contribution in [3.63, 3.8) is 0 Å². The summed E-state index contributed by atoms with van der Waals surface area (Å²) in [6.07, 6.45) is -3.61. The zero-order valence-corrected chi connectivity index (χ0v) is 10.0. The van der Waals surface area contributed by atoms with Gasteiger partial charge >= 0.3 is 6.18 Å². The van der Waals surface area contributed by atoms with Crippen LogP contribution in [0.3, 0.4) is 0 Å². The fourth-order valence-electron chi connectivity index (χ4n) is 1.30. The van der Waals surface area contributed by atoms with E-state index in [2.05, 4.69) is 22.4 Å². The summed E-state index contributed by atoms with van der Waals surface area (Å²) in [5.74, 6) is -1.36. The van der Waals surface area contributed by atoms with E-state index in [1.54, 1.807) is 12.1 Å². The van der Waals surface area contributed by atoms with Gasteiger partial charge in [-0.25, -0.2) is 5.10 Å². The van der Waals surface area contributed by atoms with Gasteiger partial charge in [0.05, 0.1) is 6.21 Å². The first-order valence-corrected chi connectivity index (χ1v) is 5.37. The molecule has 5 nitrogen and oxygen atoms in total. The van der Waals surface area contributed by atoms with Crippen LogP contribution in [0.25, 0.3) is 0 Å². The number of aromatic nitrogens is 3. The number of aromatic hydroxyl groups is 1. The molecule has 0 spiro atoms. The lowest BCUT2D eigenvalue weighted by atomic mass is 10.2. The standard InChI is InChI=1S/C10H7F3N4OS/c11-10(12,13)8-15-16-9(19)17(8)14-5-6-3-1-2-4-7(6)18/h1-5,18H,(H,16,19)/b14-5+. The molecule has 19 heavy (non-hydrogen) atoms. The highest BCUT2D eigenvalue weighted by atomic mass is 32.1. The Kier molecular flexibility index (Phi) is 3.38. The topological polar surface area (TPSA) is 66.2 Å². The number of para-hydroxylation sites is 1. The summed E-state index contributed by atoms with van der Waals surface area (Å²) in [5.41, 5.74) is 0.263. The Hall–Kier alpha value is -2.16. The number of aromatic amines is 1. The Morgan fingerprint density at radius 3 is 2.68 bits per heavy atom. The van der Waals surface area contributed by atoms with Crippen molar-refractivity contribution in [1.29, 1.82) is 0 Å². The summed E-state index contributed by atoms with van der Waals surface area (Å²) in [7, 11) is 0. The molecule has 0 radical (unpaired) electrons. The molecule has 0 saturated heterocycles. The molecule has 0 aliphatic rings. The van der Waals surface area contributed by atoms with Crippen molar-refractivity contribution in [2.75, 3.05) is 0 Å². The number of hydrogen-bond donors (Lipinski definition) is 2. The van der Waals surface area contributed by atoms with Crippen LogP contribution >= 0.6 is 12.2 Å². The van der Waals surface area contributed by atoms with E-state index in [1.807, 2.05) is 5.10 Å². The first-order valence-electron chi connectivity index (χ1n) is 4.96. The molecule has 2 aromatic rings. The van der Waals surface area contributed by atoms with Gasteiger partial charge in [0.25, 0.3) is 5.82 Å². The zero-order valence-electron chi connectivity index (χ0n) is 9.22. The fraction of sp³-hybridized carbons (Fsp3) is 0.100. The highest BCUT2D eigenvalue weighted by Gasteiger charge is 2.37. The molecule has 0 amide bonds. The number of hydrogen-bond acceptors (Lipinski definition) is 4. The molecule has 0 aliphatic heterocycles. The summed E-state index contributed by atoms with van der Waals surface area (Å²) in [6, 6.07) is 6.08. The van der Waals surface area contributed by atoms with E-state index in [1.165, 1.54) is 12.1 Å². The van der Waals surface area contributed by atoms with E-state index in [9.17, 15) is 18.3 Å². The second-order valence-electron chi connectivity index (χ2n) is 3.47. The molecule has 0 fully saturated rings. The van der Waals surface area contributed by atoms with Crippen LogP contribution in [0, 0.1) is 4.77 Å². The van der Waals surface area contributed by atoms with Gasteiger partial charge in [0.1, 0.15) is 5.75 Å². The Balaban J connectivity index is 2.42. The summed E-state index contributed by atoms with van der Waals surface area (Å²) < 4.78 is 37.9. The number of phenolic OH excluding ortho intramolecular Hbond substituents is 1. The van der Waals surface area contributed by atoms with E-state index in [0.29, 0.717) is 4.68 Å². The van der Waals surface area contributed by atoms with E-state index < -0.39 is 12.0 Å². The van der Waals surface area contributed by atoms with Gasteiger partial charge in [0.2, 0.25) is 4.77 Å². The maximum Gasteiger partial charge on any atom is 0.453 e. The highest BCUT2D eigenvalue weighted by Crippen LogP contribution is 2.27. The largest absolute Gasteiger partial charge is 0.507 e. The Labute approximate surface area is 110 Å². The first kappa shape index (κ1) is 13.3. The summed E-state index contributed by atoms with van der Waals surface area (Å²) in [5, 5.41) is 18.1. The van der Waals surface area contributed by atoms with Gasteiger partial charge in [-0.2, -0.15) is 22.9 Å². The summed E-state index contributed by atoms with van der Waals surface area (Å²) in [6.45, 7) is 0. The summed E-state index contributed by atoms with van der Waals surface area (Å²) >= 11 is 4.66. The third-order valence-electron chi connectivity index (χ3n) is 2.15. The lowest BCUT2D eigenvalue weighted by Gasteiger charge is -2.04. The molecule has 100 valence electrons. The van der Waals surface area contributed by atoms with Crippen molar-refractivity contribution in [3.05, 3.63) is 40.4 Å². The minimum Gasteiger partial charge on any atom is -0.507 e. The van der Waals surface area contributed by atoms with Crippen molar-refractivity contribution < 1.29 is 18.3 Å². The minimum absolute atomic E-state index is 0.102. The second kappa shape index (κ2) is 4.84. The van der Waals surface area contributed by atoms with Crippen LogP contribution in [0.2, 0.25) is 0 Å². The summed E-state index contributed by atoms with van der Waals surface area (Å²) in [4.78, 5) is 0. The van der Waals surface area contributed by atoms with Crippen molar-refractivity contribution in [3.8, 4) is 5.75 Å². The molecule has 2 rings (SSSR count). The molecule has 1 heterocycles. The minimum atomic E-state index is -4.68. The van der Waals surface area contributed by atoms with E-state index in [0.717, 1.165) is 6.21 Å². The monoisotopic (exact) mass is 288 g/mol. The third kappa shape index (κ3) is 2.81. The molecule has 1 aromatic heterocycles. The molecule has 2 N–H and O–H groups in total. The maximum absolute atomic E-state index is 12.6. The van der Waals surface area contributed by atoms with Crippen molar-refractivity contribution in [2.24, 2.45) is 5.10 Å². The number of H-pyrrole nitrogens is 1. The molecule has 9 heteroatoms. The second-order valence-corrected chi connectivity index (χ2v) is 3.85. The predicted octanol–water partition coefficient (Wildman–Crippen LogP) is 2.55. The highest BCUT2D eigenvalue weighted by molar-refractivity contribution is 7.71. The van der Waals surface area contributed by atoms with Gasteiger partial charge in [-0.05, 0) is 24.4 Å². The van der Waals surface area contributed by atoms with Crippen molar-refractivity contribution in [2.45, 2.75) is 6.18 Å². The normalized spacial score (nSPS) is 12.2. The van der Waals surface area contributed by atoms with Crippen LogP contribution in [0.4, 0.5) is 13.2 Å². The van der Waals surface area contributed by atoms with Crippen molar-refractivity contribution in [1.82, 2.24) is 14.9 Å². The number of rotatable bonds is 2. The molecule has 0 saturated carbocycles. The zero-order chi connectivity index (χ0) is 14.0. The fourth-order valence-corrected chi connectivity index (χ4v) is 1.48. The molecule has 1 aromatic carbocycles. The van der Waals surface area contributed by atoms with Crippen LogP contribution in [0.5, 0.6) is 5.75 Å². The Bertz CT molecular complexity index is 674. The number of halogens is 3. The van der Waals surface area contributed by atoms with Gasteiger partial charge in [-0.15, -0.1) is 5.10 Å². The van der Waals surface area contributed by atoms with E-state index >= 15 is 0 Å². The third-order valence-corrected chi connectivity index (χ3v) is 2.42. The quantitative estimate of drug-likeness (QED) is 0.659. The molecule has 0 aliphatic carbocycles. The lowest BCUT2D eigenvalue weighted by Crippen LogP contribution is -2.12. The number of alkyl halides is 3. The average molecular weight is 288 g/mol. The van der Waals surface area contributed by atoms with Crippen LogP contribution < -0.4 is 0 Å². The molecule has 0 bridgehead atoms.